The van der Waals surface area contributed by atoms with E-state index in [-0.39, 0.29) is 11.8 Å². The quantitative estimate of drug-likeness (QED) is 0.493. The molecule has 4 aromatic rings. The van der Waals surface area contributed by atoms with Gasteiger partial charge in [-0.3, -0.25) is 4.79 Å². The number of aromatic nitrogens is 4. The maximum absolute atomic E-state index is 13.1. The van der Waals surface area contributed by atoms with E-state index in [1.54, 1.807) is 0 Å². The topological polar surface area (TPSA) is 72.7 Å². The Balaban J connectivity index is 1.49. The van der Waals surface area contributed by atoms with Gasteiger partial charge in [0.25, 0.3) is 0 Å². The summed E-state index contributed by atoms with van der Waals surface area (Å²) in [6.45, 7) is 0.540. The van der Waals surface area contributed by atoms with Gasteiger partial charge >= 0.3 is 0 Å². The van der Waals surface area contributed by atoms with Gasteiger partial charge in [0.2, 0.25) is 5.91 Å². The zero-order valence-electron chi connectivity index (χ0n) is 16.5. The van der Waals surface area contributed by atoms with Crippen molar-refractivity contribution in [1.29, 1.82) is 0 Å². The normalized spacial score (nSPS) is 11.9. The molecule has 1 heterocycles. The van der Waals surface area contributed by atoms with Gasteiger partial charge in [0.05, 0.1) is 0 Å². The molecule has 0 unspecified atom stereocenters. The van der Waals surface area contributed by atoms with E-state index in [4.69, 9.17) is 0 Å². The number of tetrazole rings is 1. The molecule has 3 aromatic carbocycles. The number of carbonyl (C=O) groups is 1. The third kappa shape index (κ3) is 4.60. The molecule has 0 fully saturated rings. The van der Waals surface area contributed by atoms with Crippen molar-refractivity contribution < 1.29 is 4.79 Å². The summed E-state index contributed by atoms with van der Waals surface area (Å²) in [6.07, 6.45) is 2.25. The monoisotopic (exact) mass is 397 g/mol. The predicted molar refractivity (Wildman–Crippen MR) is 115 cm³/mol. The average Bonchev–Trinajstić information content (AvgIpc) is 3.33. The fourth-order valence-corrected chi connectivity index (χ4v) is 3.68. The summed E-state index contributed by atoms with van der Waals surface area (Å²) >= 11 is 0. The van der Waals surface area contributed by atoms with Crippen molar-refractivity contribution in [3.05, 3.63) is 114 Å². The lowest BCUT2D eigenvalue weighted by atomic mass is 9.88. The number of benzene rings is 3. The molecule has 1 amide bonds. The van der Waals surface area contributed by atoms with E-state index in [9.17, 15) is 4.79 Å². The molecule has 6 nitrogen and oxygen atoms in total. The molecule has 0 bridgehead atoms. The van der Waals surface area contributed by atoms with Crippen molar-refractivity contribution in [1.82, 2.24) is 25.5 Å². The van der Waals surface area contributed by atoms with E-state index in [1.807, 2.05) is 66.7 Å². The molecule has 1 aromatic heterocycles. The molecule has 0 saturated heterocycles. The first-order chi connectivity index (χ1) is 14.8. The van der Waals surface area contributed by atoms with Crippen LogP contribution in [0.3, 0.4) is 0 Å². The third-order valence-electron chi connectivity index (χ3n) is 5.13. The Labute approximate surface area is 175 Å². The predicted octanol–water partition coefficient (Wildman–Crippen LogP) is 3.60. The number of nitrogens with zero attached hydrogens (tertiary/aromatic N) is 4. The lowest BCUT2D eigenvalue weighted by Crippen LogP contribution is -2.34. The number of hydrogen-bond donors (Lipinski definition) is 1. The van der Waals surface area contributed by atoms with Gasteiger partial charge in [0.1, 0.15) is 6.33 Å². The highest BCUT2D eigenvalue weighted by molar-refractivity contribution is 5.83. The van der Waals surface area contributed by atoms with E-state index >= 15 is 0 Å². The lowest BCUT2D eigenvalue weighted by molar-refractivity contribution is -0.123. The highest BCUT2D eigenvalue weighted by Gasteiger charge is 2.24. The van der Waals surface area contributed by atoms with Gasteiger partial charge in [-0.25, -0.2) is 4.68 Å². The van der Waals surface area contributed by atoms with Crippen LogP contribution in [0.5, 0.6) is 0 Å². The number of amides is 1. The molecule has 0 saturated carbocycles. The minimum absolute atomic E-state index is 0.131. The van der Waals surface area contributed by atoms with E-state index in [1.165, 1.54) is 22.1 Å². The second-order valence-electron chi connectivity index (χ2n) is 7.06. The molecule has 1 atom stereocenters. The molecule has 0 spiro atoms. The van der Waals surface area contributed by atoms with E-state index in [0.29, 0.717) is 6.54 Å². The van der Waals surface area contributed by atoms with E-state index < -0.39 is 6.04 Å². The first-order valence-corrected chi connectivity index (χ1v) is 9.98. The highest BCUT2D eigenvalue weighted by Crippen LogP contribution is 2.27. The fourth-order valence-electron chi connectivity index (χ4n) is 3.68. The SMILES string of the molecule is O=C(NCCC(c1ccccc1)c1ccccc1)[C@@H](c1ccccc1)n1cnnn1. The maximum Gasteiger partial charge on any atom is 0.249 e. The van der Waals surface area contributed by atoms with Crippen LogP contribution in [-0.2, 0) is 4.79 Å². The fraction of sp³-hybridized carbons (Fsp3) is 0.167. The van der Waals surface area contributed by atoms with Crippen molar-refractivity contribution in [3.63, 3.8) is 0 Å². The molecule has 4 rings (SSSR count). The zero-order chi connectivity index (χ0) is 20.6. The number of rotatable bonds is 8. The summed E-state index contributed by atoms with van der Waals surface area (Å²) < 4.78 is 1.48. The summed E-state index contributed by atoms with van der Waals surface area (Å²) in [6, 6.07) is 29.7. The summed E-state index contributed by atoms with van der Waals surface area (Å²) in [5.74, 6) is 0.0734. The minimum atomic E-state index is -0.604. The van der Waals surface area contributed by atoms with Crippen LogP contribution in [0, 0.1) is 0 Å². The second-order valence-corrected chi connectivity index (χ2v) is 7.06. The molecule has 6 heteroatoms. The van der Waals surface area contributed by atoms with Crippen LogP contribution in [0.15, 0.2) is 97.3 Å². The number of carbonyl (C=O) groups excluding carboxylic acids is 1. The van der Waals surface area contributed by atoms with Crippen molar-refractivity contribution >= 4 is 5.91 Å². The Kier molecular flexibility index (Phi) is 6.25. The number of hydrogen-bond acceptors (Lipinski definition) is 4. The van der Waals surface area contributed by atoms with Gasteiger partial charge in [-0.15, -0.1) is 5.10 Å². The molecule has 0 aliphatic carbocycles. The summed E-state index contributed by atoms with van der Waals surface area (Å²) in [4.78, 5) is 13.1. The van der Waals surface area contributed by atoms with Crippen LogP contribution in [0.4, 0.5) is 0 Å². The number of nitrogens with one attached hydrogen (secondary N) is 1. The summed E-state index contributed by atoms with van der Waals surface area (Å²) in [5.41, 5.74) is 3.31. The van der Waals surface area contributed by atoms with Gasteiger partial charge < -0.3 is 5.32 Å². The Hall–Kier alpha value is -3.80. The summed E-state index contributed by atoms with van der Waals surface area (Å²) in [7, 11) is 0. The molecule has 1 N–H and O–H groups in total. The van der Waals surface area contributed by atoms with Crippen molar-refractivity contribution in [2.45, 2.75) is 18.4 Å². The van der Waals surface area contributed by atoms with E-state index in [2.05, 4.69) is 45.1 Å². The first-order valence-electron chi connectivity index (χ1n) is 9.98. The average molecular weight is 397 g/mol. The standard InChI is InChI=1S/C24H23N5O/c30-24(23(29-18-26-27-28-29)21-14-8-3-9-15-21)25-17-16-22(19-10-4-1-5-11-19)20-12-6-2-7-13-20/h1-15,18,22-23H,16-17H2,(H,25,30)/t23-/m1/s1. The molecule has 150 valence electrons. The second kappa shape index (κ2) is 9.60. The molecule has 0 radical (unpaired) electrons. The Morgan fingerprint density at radius 3 is 1.83 bits per heavy atom. The van der Waals surface area contributed by atoms with Crippen LogP contribution >= 0.6 is 0 Å². The van der Waals surface area contributed by atoms with Crippen LogP contribution < -0.4 is 5.32 Å². The van der Waals surface area contributed by atoms with Gasteiger partial charge in [0, 0.05) is 12.5 Å². The Morgan fingerprint density at radius 1 is 0.800 bits per heavy atom. The van der Waals surface area contributed by atoms with E-state index in [0.717, 1.165) is 12.0 Å². The zero-order valence-corrected chi connectivity index (χ0v) is 16.5. The minimum Gasteiger partial charge on any atom is -0.354 e. The van der Waals surface area contributed by atoms with Crippen LogP contribution in [0.2, 0.25) is 0 Å². The first kappa shape index (κ1) is 19.5. The largest absolute Gasteiger partial charge is 0.354 e. The molecule has 0 aliphatic heterocycles. The van der Waals surface area contributed by atoms with Gasteiger partial charge in [0.15, 0.2) is 6.04 Å². The van der Waals surface area contributed by atoms with Gasteiger partial charge in [-0.05, 0) is 33.5 Å². The molecular weight excluding hydrogens is 374 g/mol. The van der Waals surface area contributed by atoms with Crippen LogP contribution in [0.25, 0.3) is 0 Å². The van der Waals surface area contributed by atoms with Gasteiger partial charge in [-0.2, -0.15) is 0 Å². The third-order valence-corrected chi connectivity index (χ3v) is 5.13. The molecule has 0 aliphatic rings. The Morgan fingerprint density at radius 2 is 1.33 bits per heavy atom. The van der Waals surface area contributed by atoms with Crippen LogP contribution in [-0.4, -0.2) is 32.7 Å². The smallest absolute Gasteiger partial charge is 0.249 e. The molecule has 30 heavy (non-hydrogen) atoms. The Bertz CT molecular complexity index is 997. The maximum atomic E-state index is 13.1. The highest BCUT2D eigenvalue weighted by atomic mass is 16.2. The van der Waals surface area contributed by atoms with Crippen molar-refractivity contribution in [2.75, 3.05) is 6.54 Å². The van der Waals surface area contributed by atoms with Gasteiger partial charge in [-0.1, -0.05) is 91.0 Å². The van der Waals surface area contributed by atoms with Crippen molar-refractivity contribution in [2.24, 2.45) is 0 Å². The van der Waals surface area contributed by atoms with Crippen LogP contribution in [0.1, 0.15) is 35.1 Å². The lowest BCUT2D eigenvalue weighted by Gasteiger charge is -2.20. The van der Waals surface area contributed by atoms with Crippen molar-refractivity contribution in [3.8, 4) is 0 Å². The summed E-state index contributed by atoms with van der Waals surface area (Å²) in [5, 5.41) is 14.4. The molecular formula is C24H23N5O.